The van der Waals surface area contributed by atoms with Gasteiger partial charge in [-0.1, -0.05) is 19.3 Å². The van der Waals surface area contributed by atoms with Gasteiger partial charge in [0.05, 0.1) is 5.01 Å². The molecule has 1 aromatic heterocycles. The molecular weight excluding hydrogens is 180 g/mol. The van der Waals surface area contributed by atoms with Crippen molar-refractivity contribution < 1.29 is 0 Å². The molecule has 13 heavy (non-hydrogen) atoms. The molecule has 3 heteroatoms. The lowest BCUT2D eigenvalue weighted by Gasteiger charge is -2.27. The normalized spacial score (nSPS) is 19.8. The first kappa shape index (κ1) is 9.16. The van der Waals surface area contributed by atoms with Crippen molar-refractivity contribution in [1.82, 2.24) is 4.98 Å². The second-order valence-electron chi connectivity index (χ2n) is 3.92. The molecule has 1 atom stereocenters. The van der Waals surface area contributed by atoms with Crippen molar-refractivity contribution in [2.24, 2.45) is 11.7 Å². The zero-order chi connectivity index (χ0) is 9.26. The van der Waals surface area contributed by atoms with E-state index in [0.29, 0.717) is 0 Å². The topological polar surface area (TPSA) is 38.9 Å². The minimum absolute atomic E-state index is 0.233. The predicted molar refractivity (Wildman–Crippen MR) is 55.7 cm³/mol. The number of nitrogens with zero attached hydrogens (tertiary/aromatic N) is 1. The Kier molecular flexibility index (Phi) is 2.65. The van der Waals surface area contributed by atoms with E-state index in [2.05, 4.69) is 4.98 Å². The molecule has 1 aromatic rings. The van der Waals surface area contributed by atoms with Gasteiger partial charge in [0, 0.05) is 17.1 Å². The highest BCUT2D eigenvalue weighted by Crippen LogP contribution is 2.34. The monoisotopic (exact) mass is 196 g/mol. The molecule has 2 N–H and O–H groups in total. The van der Waals surface area contributed by atoms with E-state index >= 15 is 0 Å². The smallest absolute Gasteiger partial charge is 0.0897 e. The Labute approximate surface area is 83.2 Å². The van der Waals surface area contributed by atoms with Crippen LogP contribution in [0.5, 0.6) is 0 Å². The van der Waals surface area contributed by atoms with Crippen LogP contribution >= 0.6 is 11.3 Å². The average molecular weight is 196 g/mol. The van der Waals surface area contributed by atoms with Gasteiger partial charge < -0.3 is 5.73 Å². The molecule has 1 heterocycles. The van der Waals surface area contributed by atoms with Crippen LogP contribution in [0.15, 0.2) is 6.20 Å². The molecular formula is C10H16N2S. The lowest BCUT2D eigenvalue weighted by molar-refractivity contribution is 0.278. The first-order valence-corrected chi connectivity index (χ1v) is 5.75. The number of nitrogens with two attached hydrogens (primary N) is 1. The fraction of sp³-hybridized carbons (Fsp3) is 0.700. The van der Waals surface area contributed by atoms with E-state index in [0.717, 1.165) is 17.3 Å². The van der Waals surface area contributed by atoms with E-state index in [1.807, 2.05) is 13.1 Å². The number of hydrogen-bond donors (Lipinski definition) is 1. The highest BCUT2D eigenvalue weighted by atomic mass is 32.1. The van der Waals surface area contributed by atoms with Gasteiger partial charge in [-0.05, 0) is 19.3 Å². The number of rotatable bonds is 3. The molecule has 2 nitrogen and oxygen atoms in total. The van der Waals surface area contributed by atoms with Gasteiger partial charge >= 0.3 is 0 Å². The molecule has 1 saturated carbocycles. The summed E-state index contributed by atoms with van der Waals surface area (Å²) >= 11 is 1.74. The summed E-state index contributed by atoms with van der Waals surface area (Å²) in [5.74, 6) is 0.886. The standard InChI is InChI=1S/C10H16N2S/c1-7-12-6-10(13-7)9(11)5-8-3-2-4-8/h6,8-9H,2-5,11H2,1H3. The first-order chi connectivity index (χ1) is 6.25. The van der Waals surface area contributed by atoms with Crippen molar-refractivity contribution in [3.63, 3.8) is 0 Å². The summed E-state index contributed by atoms with van der Waals surface area (Å²) in [5, 5.41) is 1.12. The van der Waals surface area contributed by atoms with E-state index in [4.69, 9.17) is 5.73 Å². The zero-order valence-electron chi connectivity index (χ0n) is 7.99. The fourth-order valence-corrected chi connectivity index (χ4v) is 2.55. The summed E-state index contributed by atoms with van der Waals surface area (Å²) in [6.07, 6.45) is 7.25. The number of aromatic nitrogens is 1. The minimum Gasteiger partial charge on any atom is -0.323 e. The van der Waals surface area contributed by atoms with Crippen LogP contribution in [0.2, 0.25) is 0 Å². The van der Waals surface area contributed by atoms with Crippen LogP contribution in [0.25, 0.3) is 0 Å². The van der Waals surface area contributed by atoms with Crippen molar-refractivity contribution in [3.05, 3.63) is 16.1 Å². The van der Waals surface area contributed by atoms with Gasteiger partial charge in [0.25, 0.3) is 0 Å². The SMILES string of the molecule is Cc1ncc(C(N)CC2CCC2)s1. The van der Waals surface area contributed by atoms with Crippen molar-refractivity contribution in [3.8, 4) is 0 Å². The van der Waals surface area contributed by atoms with Crippen molar-refractivity contribution >= 4 is 11.3 Å². The highest BCUT2D eigenvalue weighted by Gasteiger charge is 2.21. The predicted octanol–water partition coefficient (Wildman–Crippen LogP) is 2.64. The van der Waals surface area contributed by atoms with E-state index in [1.165, 1.54) is 24.1 Å². The molecule has 1 fully saturated rings. The van der Waals surface area contributed by atoms with E-state index in [9.17, 15) is 0 Å². The maximum atomic E-state index is 6.09. The molecule has 1 aliphatic rings. The van der Waals surface area contributed by atoms with E-state index in [-0.39, 0.29) is 6.04 Å². The number of aryl methyl sites for hydroxylation is 1. The average Bonchev–Trinajstić information content (AvgIpc) is 2.44. The molecule has 1 unspecified atom stereocenters. The summed E-state index contributed by atoms with van der Waals surface area (Å²) in [6.45, 7) is 2.03. The van der Waals surface area contributed by atoms with Crippen molar-refractivity contribution in [2.75, 3.05) is 0 Å². The Hall–Kier alpha value is -0.410. The van der Waals surface area contributed by atoms with E-state index in [1.54, 1.807) is 11.3 Å². The Morgan fingerprint density at radius 3 is 2.92 bits per heavy atom. The van der Waals surface area contributed by atoms with Crippen molar-refractivity contribution in [1.29, 1.82) is 0 Å². The van der Waals surface area contributed by atoms with Crippen LogP contribution in [0.1, 0.15) is 41.6 Å². The first-order valence-electron chi connectivity index (χ1n) is 4.93. The van der Waals surface area contributed by atoms with Crippen LogP contribution in [0, 0.1) is 12.8 Å². The maximum absolute atomic E-state index is 6.09. The molecule has 72 valence electrons. The molecule has 0 spiro atoms. The van der Waals surface area contributed by atoms with Crippen LogP contribution in [-0.2, 0) is 0 Å². The molecule has 0 radical (unpaired) electrons. The van der Waals surface area contributed by atoms with Gasteiger partial charge in [-0.25, -0.2) is 4.98 Å². The minimum atomic E-state index is 0.233. The lowest BCUT2D eigenvalue weighted by Crippen LogP contribution is -2.19. The second kappa shape index (κ2) is 3.76. The lowest BCUT2D eigenvalue weighted by atomic mass is 9.81. The van der Waals surface area contributed by atoms with Crippen LogP contribution in [-0.4, -0.2) is 4.98 Å². The zero-order valence-corrected chi connectivity index (χ0v) is 8.81. The molecule has 0 amide bonds. The quantitative estimate of drug-likeness (QED) is 0.807. The third-order valence-electron chi connectivity index (χ3n) is 2.82. The van der Waals surface area contributed by atoms with E-state index < -0.39 is 0 Å². The second-order valence-corrected chi connectivity index (χ2v) is 5.19. The molecule has 0 bridgehead atoms. The summed E-state index contributed by atoms with van der Waals surface area (Å²) in [6, 6.07) is 0.233. The summed E-state index contributed by atoms with van der Waals surface area (Å²) < 4.78 is 0. The molecule has 0 aliphatic heterocycles. The largest absolute Gasteiger partial charge is 0.323 e. The maximum Gasteiger partial charge on any atom is 0.0897 e. The molecule has 0 saturated heterocycles. The number of thiazole rings is 1. The highest BCUT2D eigenvalue weighted by molar-refractivity contribution is 7.11. The van der Waals surface area contributed by atoms with Gasteiger partial charge in [0.1, 0.15) is 0 Å². The van der Waals surface area contributed by atoms with Crippen LogP contribution < -0.4 is 5.73 Å². The Morgan fingerprint density at radius 1 is 1.69 bits per heavy atom. The third-order valence-corrected chi connectivity index (χ3v) is 3.86. The van der Waals surface area contributed by atoms with Gasteiger partial charge in [-0.2, -0.15) is 0 Å². The molecule has 0 aromatic carbocycles. The van der Waals surface area contributed by atoms with Gasteiger partial charge in [-0.15, -0.1) is 11.3 Å². The molecule has 2 rings (SSSR count). The summed E-state index contributed by atoms with van der Waals surface area (Å²) in [4.78, 5) is 5.48. The fourth-order valence-electron chi connectivity index (χ4n) is 1.75. The molecule has 1 aliphatic carbocycles. The van der Waals surface area contributed by atoms with Crippen LogP contribution in [0.4, 0.5) is 0 Å². The Morgan fingerprint density at radius 2 is 2.46 bits per heavy atom. The summed E-state index contributed by atoms with van der Waals surface area (Å²) in [7, 11) is 0. The van der Waals surface area contributed by atoms with Gasteiger partial charge in [0.2, 0.25) is 0 Å². The Balaban J connectivity index is 1.92. The van der Waals surface area contributed by atoms with Crippen LogP contribution in [0.3, 0.4) is 0 Å². The van der Waals surface area contributed by atoms with Gasteiger partial charge in [0.15, 0.2) is 0 Å². The third kappa shape index (κ3) is 2.09. The summed E-state index contributed by atoms with van der Waals surface area (Å²) in [5.41, 5.74) is 6.09. The Bertz CT molecular complexity index is 278. The number of hydrogen-bond acceptors (Lipinski definition) is 3. The van der Waals surface area contributed by atoms with Crippen molar-refractivity contribution in [2.45, 2.75) is 38.6 Å². The van der Waals surface area contributed by atoms with Gasteiger partial charge in [-0.3, -0.25) is 0 Å².